The molecular formula is C20H17ClINO4S. The van der Waals surface area contributed by atoms with Crippen molar-refractivity contribution in [3.05, 3.63) is 61.0 Å². The van der Waals surface area contributed by atoms with Gasteiger partial charge in [0.15, 0.2) is 11.5 Å². The van der Waals surface area contributed by atoms with Gasteiger partial charge in [0.1, 0.15) is 0 Å². The summed E-state index contributed by atoms with van der Waals surface area (Å²) < 4.78 is 11.9. The van der Waals surface area contributed by atoms with Crippen LogP contribution in [0, 0.1) is 3.57 Å². The van der Waals surface area contributed by atoms with Crippen molar-refractivity contribution in [2.75, 3.05) is 13.7 Å². The Morgan fingerprint density at radius 2 is 2.00 bits per heavy atom. The first-order chi connectivity index (χ1) is 13.4. The van der Waals surface area contributed by atoms with Crippen LogP contribution >= 0.6 is 46.0 Å². The van der Waals surface area contributed by atoms with Gasteiger partial charge in [-0.05, 0) is 76.7 Å². The number of thioether (sulfide) groups is 1. The van der Waals surface area contributed by atoms with E-state index in [1.807, 2.05) is 19.1 Å². The average molecular weight is 530 g/mol. The fourth-order valence-electron chi connectivity index (χ4n) is 2.72. The van der Waals surface area contributed by atoms with Crippen LogP contribution < -0.4 is 9.47 Å². The Kier molecular flexibility index (Phi) is 6.90. The van der Waals surface area contributed by atoms with Crippen LogP contribution in [0.1, 0.15) is 18.1 Å². The topological polar surface area (TPSA) is 55.8 Å². The third-order valence-corrected chi connectivity index (χ3v) is 6.07. The Morgan fingerprint density at radius 1 is 1.25 bits per heavy atom. The second-order valence-corrected chi connectivity index (χ2v) is 8.39. The van der Waals surface area contributed by atoms with Crippen LogP contribution in [0.5, 0.6) is 11.5 Å². The van der Waals surface area contributed by atoms with Crippen LogP contribution in [-0.2, 0) is 11.3 Å². The summed E-state index contributed by atoms with van der Waals surface area (Å²) in [5.74, 6) is 0.906. The molecule has 1 aliphatic rings. The molecule has 0 radical (unpaired) electrons. The minimum atomic E-state index is -0.335. The minimum Gasteiger partial charge on any atom is -0.492 e. The molecule has 1 saturated heterocycles. The number of methoxy groups -OCH3 is 1. The molecule has 146 valence electrons. The van der Waals surface area contributed by atoms with Gasteiger partial charge < -0.3 is 9.47 Å². The van der Waals surface area contributed by atoms with Crippen molar-refractivity contribution < 1.29 is 19.1 Å². The van der Waals surface area contributed by atoms with E-state index >= 15 is 0 Å². The van der Waals surface area contributed by atoms with Crippen LogP contribution in [0.3, 0.4) is 0 Å². The van der Waals surface area contributed by atoms with Gasteiger partial charge >= 0.3 is 0 Å². The summed E-state index contributed by atoms with van der Waals surface area (Å²) in [5, 5.41) is 0.209. The predicted octanol–water partition coefficient (Wildman–Crippen LogP) is 5.59. The Labute approximate surface area is 186 Å². The normalized spacial score (nSPS) is 15.4. The highest BCUT2D eigenvalue weighted by molar-refractivity contribution is 14.1. The van der Waals surface area contributed by atoms with Crippen molar-refractivity contribution in [3.8, 4) is 11.5 Å². The van der Waals surface area contributed by atoms with Crippen molar-refractivity contribution in [2.24, 2.45) is 0 Å². The molecule has 5 nitrogen and oxygen atoms in total. The SMILES string of the molecule is CCOc1cc(/C=C2/SC(=O)N(Cc3ccccc3Cl)C2=O)cc(I)c1OC. The van der Waals surface area contributed by atoms with Crippen molar-refractivity contribution in [3.63, 3.8) is 0 Å². The molecule has 0 N–H and O–H groups in total. The molecule has 1 aliphatic heterocycles. The molecule has 0 bridgehead atoms. The third kappa shape index (κ3) is 4.47. The number of halogens is 2. The molecule has 0 aromatic heterocycles. The van der Waals surface area contributed by atoms with Crippen LogP contribution in [0.4, 0.5) is 4.79 Å². The second kappa shape index (κ2) is 9.19. The zero-order valence-electron chi connectivity index (χ0n) is 15.2. The first-order valence-corrected chi connectivity index (χ1v) is 10.7. The number of carbonyl (C=O) groups excluding carboxylic acids is 2. The Morgan fingerprint density at radius 3 is 2.68 bits per heavy atom. The van der Waals surface area contributed by atoms with E-state index in [-0.39, 0.29) is 17.7 Å². The molecule has 0 saturated carbocycles. The largest absolute Gasteiger partial charge is 0.492 e. The van der Waals surface area contributed by atoms with E-state index in [1.165, 1.54) is 4.90 Å². The molecule has 0 atom stereocenters. The highest BCUT2D eigenvalue weighted by atomic mass is 127. The highest BCUT2D eigenvalue weighted by Gasteiger charge is 2.35. The summed E-state index contributed by atoms with van der Waals surface area (Å²) >= 11 is 9.23. The molecule has 1 heterocycles. The minimum absolute atomic E-state index is 0.145. The van der Waals surface area contributed by atoms with Crippen LogP contribution in [0.25, 0.3) is 6.08 Å². The van der Waals surface area contributed by atoms with Crippen molar-refractivity contribution in [2.45, 2.75) is 13.5 Å². The molecule has 28 heavy (non-hydrogen) atoms. The van der Waals surface area contributed by atoms with Crippen molar-refractivity contribution >= 4 is 63.2 Å². The van der Waals surface area contributed by atoms with Crippen molar-refractivity contribution in [1.82, 2.24) is 4.90 Å². The number of rotatable bonds is 6. The van der Waals surface area contributed by atoms with Gasteiger partial charge in [-0.15, -0.1) is 0 Å². The number of nitrogens with zero attached hydrogens (tertiary/aromatic N) is 1. The van der Waals surface area contributed by atoms with E-state index < -0.39 is 0 Å². The lowest BCUT2D eigenvalue weighted by molar-refractivity contribution is -0.123. The number of imide groups is 1. The van der Waals surface area contributed by atoms with Gasteiger partial charge in [-0.1, -0.05) is 29.8 Å². The van der Waals surface area contributed by atoms with Crippen LogP contribution in [-0.4, -0.2) is 29.8 Å². The summed E-state index contributed by atoms with van der Waals surface area (Å²) in [6.07, 6.45) is 1.70. The lowest BCUT2D eigenvalue weighted by Gasteiger charge is -2.13. The average Bonchev–Trinajstić information content (AvgIpc) is 2.91. The van der Waals surface area contributed by atoms with Crippen LogP contribution in [0.2, 0.25) is 5.02 Å². The summed E-state index contributed by atoms with van der Waals surface area (Å²) in [4.78, 5) is 26.7. The van der Waals surface area contributed by atoms with Gasteiger partial charge in [-0.2, -0.15) is 0 Å². The van der Waals surface area contributed by atoms with E-state index in [2.05, 4.69) is 22.6 Å². The zero-order valence-corrected chi connectivity index (χ0v) is 18.9. The first-order valence-electron chi connectivity index (χ1n) is 8.43. The van der Waals surface area contributed by atoms with Gasteiger partial charge in [0.05, 0.1) is 28.7 Å². The number of hydrogen-bond acceptors (Lipinski definition) is 5. The summed E-state index contributed by atoms with van der Waals surface area (Å²) in [6, 6.07) is 10.8. The Bertz CT molecular complexity index is 963. The lowest BCUT2D eigenvalue weighted by atomic mass is 10.1. The molecule has 2 amide bonds. The molecule has 0 unspecified atom stereocenters. The maximum atomic E-state index is 12.8. The monoisotopic (exact) mass is 529 g/mol. The zero-order chi connectivity index (χ0) is 20.3. The molecule has 0 aliphatic carbocycles. The maximum Gasteiger partial charge on any atom is 0.293 e. The summed E-state index contributed by atoms with van der Waals surface area (Å²) in [6.45, 7) is 2.52. The van der Waals surface area contributed by atoms with Crippen molar-refractivity contribution in [1.29, 1.82) is 0 Å². The number of ether oxygens (including phenoxy) is 2. The van der Waals surface area contributed by atoms with E-state index in [4.69, 9.17) is 21.1 Å². The standard InChI is InChI=1S/C20H17ClINO4S/c1-3-27-16-9-12(8-15(22)18(16)26-2)10-17-19(24)23(20(25)28-17)11-13-6-4-5-7-14(13)21/h4-10H,3,11H2,1-2H3/b17-10+. The molecule has 2 aromatic carbocycles. The molecule has 3 rings (SSSR count). The Balaban J connectivity index is 1.88. The lowest BCUT2D eigenvalue weighted by Crippen LogP contribution is -2.27. The van der Waals surface area contributed by atoms with E-state index in [1.54, 1.807) is 37.5 Å². The van der Waals surface area contributed by atoms with Crippen LogP contribution in [0.15, 0.2) is 41.3 Å². The smallest absolute Gasteiger partial charge is 0.293 e. The van der Waals surface area contributed by atoms with E-state index in [0.717, 1.165) is 26.5 Å². The van der Waals surface area contributed by atoms with Gasteiger partial charge in [0.2, 0.25) is 0 Å². The molecule has 1 fully saturated rings. The number of hydrogen-bond donors (Lipinski definition) is 0. The van der Waals surface area contributed by atoms with Gasteiger partial charge in [0.25, 0.3) is 11.1 Å². The van der Waals surface area contributed by atoms with E-state index in [0.29, 0.717) is 28.0 Å². The number of amides is 2. The van der Waals surface area contributed by atoms with Gasteiger partial charge in [0, 0.05) is 5.02 Å². The fraction of sp³-hybridized carbons (Fsp3) is 0.200. The second-order valence-electron chi connectivity index (χ2n) is 5.83. The van der Waals surface area contributed by atoms with Gasteiger partial charge in [-0.25, -0.2) is 0 Å². The molecule has 8 heteroatoms. The molecular weight excluding hydrogens is 513 g/mol. The number of benzene rings is 2. The molecule has 2 aromatic rings. The van der Waals surface area contributed by atoms with E-state index in [9.17, 15) is 9.59 Å². The maximum absolute atomic E-state index is 12.8. The fourth-order valence-corrected chi connectivity index (χ4v) is 4.60. The summed E-state index contributed by atoms with van der Waals surface area (Å²) in [7, 11) is 1.58. The third-order valence-electron chi connectivity index (χ3n) is 3.99. The quantitative estimate of drug-likeness (QED) is 0.361. The first kappa shape index (κ1) is 21.0. The number of carbonyl (C=O) groups is 2. The molecule has 0 spiro atoms. The predicted molar refractivity (Wildman–Crippen MR) is 120 cm³/mol. The Hall–Kier alpha value is -1.71. The van der Waals surface area contributed by atoms with Gasteiger partial charge in [-0.3, -0.25) is 14.5 Å². The highest BCUT2D eigenvalue weighted by Crippen LogP contribution is 2.37. The summed E-state index contributed by atoms with van der Waals surface area (Å²) in [5.41, 5.74) is 1.49.